The first-order chi connectivity index (χ1) is 16.6. The van der Waals surface area contributed by atoms with Crippen LogP contribution in [0.2, 0.25) is 0 Å². The Morgan fingerprint density at radius 1 is 1.29 bits per heavy atom. The maximum atomic E-state index is 12.7. The number of rotatable bonds is 6. The summed E-state index contributed by atoms with van der Waals surface area (Å²) < 4.78 is 0. The largest absolute Gasteiger partial charge is 0.347 e. The number of amides is 1. The first-order valence-corrected chi connectivity index (χ1v) is 12.0. The van der Waals surface area contributed by atoms with Crippen LogP contribution in [-0.4, -0.2) is 43.8 Å². The number of hydrogen-bond acceptors (Lipinski definition) is 5. The van der Waals surface area contributed by atoms with Gasteiger partial charge in [-0.3, -0.25) is 9.69 Å². The third-order valence-electron chi connectivity index (χ3n) is 7.05. The van der Waals surface area contributed by atoms with Crippen LogP contribution in [0.3, 0.4) is 0 Å². The summed E-state index contributed by atoms with van der Waals surface area (Å²) in [5.41, 5.74) is 4.71. The van der Waals surface area contributed by atoms with Crippen LogP contribution < -0.4 is 5.32 Å². The summed E-state index contributed by atoms with van der Waals surface area (Å²) in [5, 5.41) is 12.0. The molecule has 0 radical (unpaired) electrons. The van der Waals surface area contributed by atoms with Gasteiger partial charge in [-0.1, -0.05) is 12.1 Å². The van der Waals surface area contributed by atoms with E-state index in [1.807, 2.05) is 24.5 Å². The van der Waals surface area contributed by atoms with Crippen molar-refractivity contribution in [3.05, 3.63) is 71.3 Å². The maximum Gasteiger partial charge on any atom is 0.291 e. The van der Waals surface area contributed by atoms with Crippen LogP contribution in [0.5, 0.6) is 0 Å². The topological polar surface area (TPSA) is 113 Å². The van der Waals surface area contributed by atoms with Crippen LogP contribution in [0.25, 0.3) is 5.57 Å². The Balaban J connectivity index is 1.33. The number of imidazole rings is 2. The van der Waals surface area contributed by atoms with E-state index in [1.54, 1.807) is 0 Å². The van der Waals surface area contributed by atoms with Crippen LogP contribution in [0, 0.1) is 11.3 Å². The molecule has 0 saturated carbocycles. The molecule has 1 aliphatic carbocycles. The molecule has 3 aromatic rings. The van der Waals surface area contributed by atoms with Gasteiger partial charge in [0.2, 0.25) is 0 Å². The number of allylic oxidation sites excluding steroid dienone is 2. The molecule has 8 heteroatoms. The summed E-state index contributed by atoms with van der Waals surface area (Å²) in [6.07, 6.45) is 12.8. The minimum absolute atomic E-state index is 0.144. The van der Waals surface area contributed by atoms with Gasteiger partial charge < -0.3 is 15.3 Å². The summed E-state index contributed by atoms with van der Waals surface area (Å²) in [6, 6.07) is 8.67. The monoisotopic (exact) mass is 455 g/mol. The van der Waals surface area contributed by atoms with Gasteiger partial charge in [0, 0.05) is 29.8 Å². The number of nitriles is 1. The van der Waals surface area contributed by atoms with E-state index in [2.05, 4.69) is 55.3 Å². The second-order valence-electron chi connectivity index (χ2n) is 9.09. The van der Waals surface area contributed by atoms with Crippen molar-refractivity contribution < 1.29 is 4.79 Å². The summed E-state index contributed by atoms with van der Waals surface area (Å²) in [6.45, 7) is 4.27. The van der Waals surface area contributed by atoms with Gasteiger partial charge in [0.05, 0.1) is 6.04 Å². The molecule has 3 N–H and O–H groups in total. The average molecular weight is 456 g/mol. The second kappa shape index (κ2) is 9.65. The Morgan fingerprint density at radius 3 is 2.82 bits per heavy atom. The molecule has 1 aromatic carbocycles. The number of piperidine rings is 1. The third kappa shape index (κ3) is 4.52. The van der Waals surface area contributed by atoms with Crippen molar-refractivity contribution in [3.63, 3.8) is 0 Å². The molecule has 2 aromatic heterocycles. The molecular weight excluding hydrogens is 426 g/mol. The minimum Gasteiger partial charge on any atom is -0.347 e. The zero-order valence-electron chi connectivity index (χ0n) is 19.3. The van der Waals surface area contributed by atoms with Crippen LogP contribution in [0.15, 0.2) is 42.9 Å². The first-order valence-electron chi connectivity index (χ1n) is 12.0. The lowest BCUT2D eigenvalue weighted by atomic mass is 9.86. The molecule has 1 fully saturated rings. The van der Waals surface area contributed by atoms with Crippen molar-refractivity contribution in [3.8, 4) is 6.07 Å². The fourth-order valence-electron chi connectivity index (χ4n) is 5.08. The number of nitrogens with zero attached hydrogens (tertiary/aromatic N) is 4. The fourth-order valence-corrected chi connectivity index (χ4v) is 5.08. The zero-order valence-corrected chi connectivity index (χ0v) is 19.3. The Bertz CT molecular complexity index is 1230. The molecule has 2 aliphatic rings. The first kappa shape index (κ1) is 22.1. The number of benzene rings is 1. The summed E-state index contributed by atoms with van der Waals surface area (Å²) in [4.78, 5) is 29.7. The van der Waals surface area contributed by atoms with Crippen LogP contribution in [0.4, 0.5) is 5.69 Å². The zero-order chi connectivity index (χ0) is 23.5. The SMILES string of the molecule is CC(c1ncc[nH]1)N1CCC(c2ccc(NC(=O)c3nc(C#N)c[nH]3)c(C3=CCCC3)c2)CC1. The van der Waals surface area contributed by atoms with Gasteiger partial charge in [-0.15, -0.1) is 0 Å². The lowest BCUT2D eigenvalue weighted by Crippen LogP contribution is -2.35. The lowest BCUT2D eigenvalue weighted by Gasteiger charge is -2.35. The van der Waals surface area contributed by atoms with Gasteiger partial charge in [-0.05, 0) is 81.3 Å². The highest BCUT2D eigenvalue weighted by molar-refractivity contribution is 6.03. The molecule has 1 saturated heterocycles. The molecule has 1 aliphatic heterocycles. The van der Waals surface area contributed by atoms with Gasteiger partial charge in [-0.2, -0.15) is 5.26 Å². The molecule has 0 spiro atoms. The maximum absolute atomic E-state index is 12.7. The van der Waals surface area contributed by atoms with Crippen molar-refractivity contribution >= 4 is 17.2 Å². The van der Waals surface area contributed by atoms with Gasteiger partial charge in [-0.25, -0.2) is 9.97 Å². The predicted octanol–water partition coefficient (Wildman–Crippen LogP) is 4.76. The van der Waals surface area contributed by atoms with Gasteiger partial charge in [0.25, 0.3) is 5.91 Å². The highest BCUT2D eigenvalue weighted by Gasteiger charge is 2.26. The van der Waals surface area contributed by atoms with Crippen LogP contribution in [-0.2, 0) is 0 Å². The minimum atomic E-state index is -0.339. The highest BCUT2D eigenvalue weighted by atomic mass is 16.2. The van der Waals surface area contributed by atoms with E-state index in [0.29, 0.717) is 5.92 Å². The number of nitrogens with one attached hydrogen (secondary N) is 3. The van der Waals surface area contributed by atoms with Gasteiger partial charge in [0.15, 0.2) is 11.5 Å². The van der Waals surface area contributed by atoms with Crippen molar-refractivity contribution in [2.45, 2.75) is 51.0 Å². The van der Waals surface area contributed by atoms with E-state index < -0.39 is 0 Å². The van der Waals surface area contributed by atoms with E-state index in [0.717, 1.165) is 62.3 Å². The molecule has 0 bridgehead atoms. The summed E-state index contributed by atoms with van der Waals surface area (Å²) in [7, 11) is 0. The number of hydrogen-bond donors (Lipinski definition) is 3. The molecule has 3 heterocycles. The van der Waals surface area contributed by atoms with Crippen molar-refractivity contribution in [1.29, 1.82) is 5.26 Å². The Hall–Kier alpha value is -3.70. The number of likely N-dealkylation sites (tertiary alicyclic amines) is 1. The number of aromatic nitrogens is 4. The van der Waals surface area contributed by atoms with E-state index >= 15 is 0 Å². The molecule has 174 valence electrons. The Kier molecular flexibility index (Phi) is 6.28. The predicted molar refractivity (Wildman–Crippen MR) is 130 cm³/mol. The molecular formula is C26H29N7O. The van der Waals surface area contributed by atoms with Gasteiger partial charge in [0.1, 0.15) is 11.9 Å². The molecule has 8 nitrogen and oxygen atoms in total. The Morgan fingerprint density at radius 2 is 2.15 bits per heavy atom. The Labute approximate surface area is 199 Å². The van der Waals surface area contributed by atoms with Crippen molar-refractivity contribution in [2.75, 3.05) is 18.4 Å². The number of H-pyrrole nitrogens is 2. The summed E-state index contributed by atoms with van der Waals surface area (Å²) in [5.74, 6) is 1.32. The molecule has 34 heavy (non-hydrogen) atoms. The van der Waals surface area contributed by atoms with E-state index in [9.17, 15) is 4.79 Å². The van der Waals surface area contributed by atoms with Gasteiger partial charge >= 0.3 is 0 Å². The van der Waals surface area contributed by atoms with E-state index in [-0.39, 0.29) is 23.5 Å². The normalized spacial score (nSPS) is 17.8. The molecule has 1 unspecified atom stereocenters. The highest BCUT2D eigenvalue weighted by Crippen LogP contribution is 2.37. The van der Waals surface area contributed by atoms with Crippen LogP contribution in [0.1, 0.15) is 84.3 Å². The molecule has 1 amide bonds. The quantitative estimate of drug-likeness (QED) is 0.496. The number of carbonyl (C=O) groups excluding carboxylic acids is 1. The average Bonchev–Trinajstić information content (AvgIpc) is 3.66. The molecule has 1 atom stereocenters. The number of aromatic amines is 2. The summed E-state index contributed by atoms with van der Waals surface area (Å²) >= 11 is 0. The molecule has 5 rings (SSSR count). The van der Waals surface area contributed by atoms with Crippen molar-refractivity contribution in [1.82, 2.24) is 24.8 Å². The third-order valence-corrected chi connectivity index (χ3v) is 7.05. The number of anilines is 1. The smallest absolute Gasteiger partial charge is 0.291 e. The van der Waals surface area contributed by atoms with E-state index in [4.69, 9.17) is 5.26 Å². The second-order valence-corrected chi connectivity index (χ2v) is 9.09. The lowest BCUT2D eigenvalue weighted by molar-refractivity contribution is 0.101. The van der Waals surface area contributed by atoms with Crippen LogP contribution >= 0.6 is 0 Å². The van der Waals surface area contributed by atoms with E-state index in [1.165, 1.54) is 17.3 Å². The standard InChI is InChI=1S/C26H29N7O/c1-17(24-28-10-11-29-24)33-12-8-18(9-13-33)20-6-7-23(22(14-20)19-4-2-3-5-19)32-26(34)25-30-16-21(15-27)31-25/h4,6-7,10-11,14,16-18H,2-3,5,8-9,12-13H2,1H3,(H,28,29)(H,30,31)(H,32,34). The fraction of sp³-hybridized carbons (Fsp3) is 0.385. The number of carbonyl (C=O) groups is 1. The van der Waals surface area contributed by atoms with Crippen molar-refractivity contribution in [2.24, 2.45) is 0 Å².